The van der Waals surface area contributed by atoms with Crippen LogP contribution < -0.4 is 5.73 Å². The molecule has 0 bridgehead atoms. The van der Waals surface area contributed by atoms with Crippen LogP contribution in [0.1, 0.15) is 9.67 Å². The van der Waals surface area contributed by atoms with E-state index in [1.165, 1.54) is 11.3 Å². The van der Waals surface area contributed by atoms with E-state index >= 15 is 0 Å². The highest BCUT2D eigenvalue weighted by Gasteiger charge is 2.21. The Kier molecular flexibility index (Phi) is 5.22. The Morgan fingerprint density at radius 1 is 1.57 bits per heavy atom. The van der Waals surface area contributed by atoms with Crippen molar-refractivity contribution in [1.29, 1.82) is 0 Å². The molecule has 0 saturated carbocycles. The minimum atomic E-state index is -0.109. The van der Waals surface area contributed by atoms with Gasteiger partial charge in [0.05, 0.1) is 12.3 Å². The molecule has 2 N–H and O–H groups in total. The van der Waals surface area contributed by atoms with Crippen molar-refractivity contribution in [2.45, 2.75) is 0 Å². The third-order valence-corrected chi connectivity index (χ3v) is 4.49. The first kappa shape index (κ1) is 15.8. The lowest BCUT2D eigenvalue weighted by atomic mass is 10.2. The molecule has 0 radical (unpaired) electrons. The predicted octanol–water partition coefficient (Wildman–Crippen LogP) is 3.41. The first-order chi connectivity index (χ1) is 10.1. The second kappa shape index (κ2) is 6.93. The summed E-state index contributed by atoms with van der Waals surface area (Å²) in [6.07, 6.45) is 1.69. The molecule has 21 heavy (non-hydrogen) atoms. The molecule has 2 rings (SSSR count). The summed E-state index contributed by atoms with van der Waals surface area (Å²) in [5.41, 5.74) is 6.60. The zero-order chi connectivity index (χ0) is 15.4. The average molecular weight is 325 g/mol. The van der Waals surface area contributed by atoms with Crippen LogP contribution in [-0.2, 0) is 4.74 Å². The number of nitrogens with zero attached hydrogens (tertiary/aromatic N) is 1. The maximum atomic E-state index is 12.6. The fourth-order valence-electron chi connectivity index (χ4n) is 2.02. The van der Waals surface area contributed by atoms with E-state index in [9.17, 15) is 4.79 Å². The van der Waals surface area contributed by atoms with Gasteiger partial charge < -0.3 is 15.4 Å². The number of rotatable bonds is 6. The number of benzene rings is 1. The summed E-state index contributed by atoms with van der Waals surface area (Å²) in [5, 5.41) is 1.43. The van der Waals surface area contributed by atoms with E-state index < -0.39 is 0 Å². The molecule has 1 heterocycles. The van der Waals surface area contributed by atoms with Gasteiger partial charge in [-0.2, -0.15) is 0 Å². The number of methoxy groups -OCH3 is 1. The van der Waals surface area contributed by atoms with Gasteiger partial charge in [-0.25, -0.2) is 0 Å². The van der Waals surface area contributed by atoms with Gasteiger partial charge in [0.1, 0.15) is 4.88 Å². The smallest absolute Gasteiger partial charge is 0.266 e. The molecule has 0 saturated heterocycles. The van der Waals surface area contributed by atoms with E-state index in [2.05, 4.69) is 6.58 Å². The van der Waals surface area contributed by atoms with Crippen LogP contribution in [0.15, 0.2) is 30.9 Å². The van der Waals surface area contributed by atoms with Gasteiger partial charge in [-0.1, -0.05) is 17.7 Å². The highest BCUT2D eigenvalue weighted by atomic mass is 35.5. The zero-order valence-corrected chi connectivity index (χ0v) is 13.3. The SMILES string of the molecule is C=CCN(CCOC)C(=O)c1sc2ccc(Cl)cc2c1N. The minimum absolute atomic E-state index is 0.109. The first-order valence-corrected chi connectivity index (χ1v) is 7.64. The van der Waals surface area contributed by atoms with E-state index in [4.69, 9.17) is 22.1 Å². The Labute approximate surface area is 132 Å². The molecular weight excluding hydrogens is 308 g/mol. The van der Waals surface area contributed by atoms with Crippen LogP contribution in [0.4, 0.5) is 5.69 Å². The van der Waals surface area contributed by atoms with E-state index in [0.717, 1.165) is 10.1 Å². The highest BCUT2D eigenvalue weighted by molar-refractivity contribution is 7.21. The number of fused-ring (bicyclic) bond motifs is 1. The molecule has 0 atom stereocenters. The molecule has 0 aliphatic rings. The van der Waals surface area contributed by atoms with Crippen LogP contribution in [0.5, 0.6) is 0 Å². The third-order valence-electron chi connectivity index (χ3n) is 3.08. The number of hydrogen-bond donors (Lipinski definition) is 1. The summed E-state index contributed by atoms with van der Waals surface area (Å²) < 4.78 is 5.99. The highest BCUT2D eigenvalue weighted by Crippen LogP contribution is 2.35. The van der Waals surface area contributed by atoms with Crippen LogP contribution in [0.3, 0.4) is 0 Å². The van der Waals surface area contributed by atoms with Gasteiger partial charge in [-0.3, -0.25) is 4.79 Å². The lowest BCUT2D eigenvalue weighted by Crippen LogP contribution is -2.33. The van der Waals surface area contributed by atoms with Gasteiger partial charge in [0.25, 0.3) is 5.91 Å². The van der Waals surface area contributed by atoms with Crippen molar-refractivity contribution in [3.8, 4) is 0 Å². The Hall–Kier alpha value is -1.56. The molecule has 0 spiro atoms. The van der Waals surface area contributed by atoms with Gasteiger partial charge in [0.15, 0.2) is 0 Å². The van der Waals surface area contributed by atoms with Crippen LogP contribution >= 0.6 is 22.9 Å². The molecule has 1 aromatic carbocycles. The van der Waals surface area contributed by atoms with Crippen LogP contribution in [0.2, 0.25) is 5.02 Å². The molecule has 1 amide bonds. The Morgan fingerprint density at radius 3 is 3.00 bits per heavy atom. The van der Waals surface area contributed by atoms with Crippen molar-refractivity contribution in [2.75, 3.05) is 32.5 Å². The number of amides is 1. The third kappa shape index (κ3) is 3.37. The maximum absolute atomic E-state index is 12.6. The van der Waals surface area contributed by atoms with Crippen molar-refractivity contribution in [1.82, 2.24) is 4.90 Å². The van der Waals surface area contributed by atoms with Crippen molar-refractivity contribution in [3.63, 3.8) is 0 Å². The topological polar surface area (TPSA) is 55.6 Å². The van der Waals surface area contributed by atoms with Crippen molar-refractivity contribution >= 4 is 44.6 Å². The molecule has 112 valence electrons. The Morgan fingerprint density at radius 2 is 2.33 bits per heavy atom. The van der Waals surface area contributed by atoms with Crippen LogP contribution in [-0.4, -0.2) is 37.6 Å². The van der Waals surface area contributed by atoms with Crippen molar-refractivity contribution < 1.29 is 9.53 Å². The summed E-state index contributed by atoms with van der Waals surface area (Å²) in [7, 11) is 1.60. The van der Waals surface area contributed by atoms with Gasteiger partial charge in [-0.15, -0.1) is 17.9 Å². The molecular formula is C15H17ClN2O2S. The predicted molar refractivity (Wildman–Crippen MR) is 89.2 cm³/mol. The Balaban J connectivity index is 2.36. The number of nitrogens with two attached hydrogens (primary N) is 1. The molecule has 1 aromatic heterocycles. The lowest BCUT2D eigenvalue weighted by Gasteiger charge is -2.20. The van der Waals surface area contributed by atoms with Crippen LogP contribution in [0.25, 0.3) is 10.1 Å². The molecule has 2 aromatic rings. The molecule has 0 unspecified atom stereocenters. The largest absolute Gasteiger partial charge is 0.397 e. The number of halogens is 1. The standard InChI is InChI=1S/C15H17ClN2O2S/c1-3-6-18(7-8-20-2)15(19)14-13(17)11-9-10(16)4-5-12(11)21-14/h3-5,9H,1,6-8,17H2,2H3. The monoisotopic (exact) mass is 324 g/mol. The number of nitrogen functional groups attached to an aromatic ring is 1. The second-order valence-corrected chi connectivity index (χ2v) is 6.01. The minimum Gasteiger partial charge on any atom is -0.397 e. The zero-order valence-electron chi connectivity index (χ0n) is 11.8. The number of thiophene rings is 1. The van der Waals surface area contributed by atoms with Gasteiger partial charge in [0.2, 0.25) is 0 Å². The summed E-state index contributed by atoms with van der Waals surface area (Å²) in [5.74, 6) is -0.109. The summed E-state index contributed by atoms with van der Waals surface area (Å²) in [4.78, 5) is 14.8. The molecule has 6 heteroatoms. The number of anilines is 1. The van der Waals surface area contributed by atoms with E-state index in [1.54, 1.807) is 30.2 Å². The number of carbonyl (C=O) groups is 1. The maximum Gasteiger partial charge on any atom is 0.266 e. The summed E-state index contributed by atoms with van der Waals surface area (Å²) in [6, 6.07) is 5.45. The number of ether oxygens (including phenoxy) is 1. The van der Waals surface area contributed by atoms with Gasteiger partial charge in [-0.05, 0) is 18.2 Å². The lowest BCUT2D eigenvalue weighted by molar-refractivity contribution is 0.0724. The number of carbonyl (C=O) groups excluding carboxylic acids is 1. The molecule has 0 aliphatic carbocycles. The molecule has 0 aliphatic heterocycles. The second-order valence-electron chi connectivity index (χ2n) is 4.52. The van der Waals surface area contributed by atoms with Gasteiger partial charge >= 0.3 is 0 Å². The van der Waals surface area contributed by atoms with Crippen molar-refractivity contribution in [2.24, 2.45) is 0 Å². The van der Waals surface area contributed by atoms with Crippen LogP contribution in [0, 0.1) is 0 Å². The fraction of sp³-hybridized carbons (Fsp3) is 0.267. The van der Waals surface area contributed by atoms with E-state index in [-0.39, 0.29) is 5.91 Å². The molecule has 4 nitrogen and oxygen atoms in total. The van der Waals surface area contributed by atoms with E-state index in [0.29, 0.717) is 35.3 Å². The van der Waals surface area contributed by atoms with Gasteiger partial charge in [0, 0.05) is 35.3 Å². The fourth-order valence-corrected chi connectivity index (χ4v) is 3.27. The quantitative estimate of drug-likeness (QED) is 0.828. The molecule has 0 fully saturated rings. The summed E-state index contributed by atoms with van der Waals surface area (Å²) >= 11 is 7.36. The number of hydrogen-bond acceptors (Lipinski definition) is 4. The normalized spacial score (nSPS) is 10.8. The Bertz CT molecular complexity index is 669. The first-order valence-electron chi connectivity index (χ1n) is 6.45. The average Bonchev–Trinajstić information content (AvgIpc) is 2.80. The van der Waals surface area contributed by atoms with E-state index in [1.807, 2.05) is 6.07 Å². The van der Waals surface area contributed by atoms with Crippen molar-refractivity contribution in [3.05, 3.63) is 40.8 Å². The summed E-state index contributed by atoms with van der Waals surface area (Å²) in [6.45, 7) is 5.10.